The maximum absolute atomic E-state index is 13.2. The molecule has 1 N–H and O–H groups in total. The predicted molar refractivity (Wildman–Crippen MR) is 65.9 cm³/mol. The van der Waals surface area contributed by atoms with Gasteiger partial charge in [0.05, 0.1) is 5.56 Å². The lowest BCUT2D eigenvalue weighted by Gasteiger charge is -2.18. The van der Waals surface area contributed by atoms with Crippen molar-refractivity contribution in [1.82, 2.24) is 5.32 Å². The first-order chi connectivity index (χ1) is 8.90. The minimum absolute atomic E-state index is 0.268. The van der Waals surface area contributed by atoms with E-state index in [0.29, 0.717) is 24.8 Å². The molecule has 5 heteroatoms. The van der Waals surface area contributed by atoms with E-state index in [-0.39, 0.29) is 6.04 Å². The van der Waals surface area contributed by atoms with Gasteiger partial charge in [-0.05, 0) is 37.6 Å². The zero-order valence-corrected chi connectivity index (χ0v) is 10.5. The molecule has 1 unspecified atom stereocenters. The fraction of sp³-hybridized carbons (Fsp3) is 0.429. The highest BCUT2D eigenvalue weighted by Crippen LogP contribution is 2.33. The molecular weight excluding hydrogens is 258 g/mol. The molecule has 104 valence electrons. The molecule has 0 spiro atoms. The Bertz CT molecular complexity index is 459. The van der Waals surface area contributed by atoms with Crippen LogP contribution in [0.4, 0.5) is 17.6 Å². The van der Waals surface area contributed by atoms with E-state index in [2.05, 4.69) is 11.2 Å². The Labute approximate surface area is 110 Å². The van der Waals surface area contributed by atoms with Crippen LogP contribution in [0.15, 0.2) is 18.2 Å². The predicted octanol–water partition coefficient (Wildman–Crippen LogP) is 3.91. The zero-order chi connectivity index (χ0) is 14.5. The van der Waals surface area contributed by atoms with Gasteiger partial charge in [0.2, 0.25) is 0 Å². The quantitative estimate of drug-likeness (QED) is 0.487. The summed E-state index contributed by atoms with van der Waals surface area (Å²) in [6.45, 7) is 0. The molecule has 1 atom stereocenters. The maximum Gasteiger partial charge on any atom is 0.419 e. The minimum atomic E-state index is -4.68. The highest BCUT2D eigenvalue weighted by molar-refractivity contribution is 5.29. The Hall–Kier alpha value is -1.54. The summed E-state index contributed by atoms with van der Waals surface area (Å²) in [7, 11) is 1.65. The van der Waals surface area contributed by atoms with Crippen LogP contribution in [0.25, 0.3) is 0 Å². The van der Waals surface area contributed by atoms with Gasteiger partial charge in [-0.1, -0.05) is 6.07 Å². The van der Waals surface area contributed by atoms with Crippen LogP contribution in [0.5, 0.6) is 0 Å². The van der Waals surface area contributed by atoms with Gasteiger partial charge < -0.3 is 5.32 Å². The van der Waals surface area contributed by atoms with Gasteiger partial charge in [0, 0.05) is 12.5 Å². The number of terminal acetylenes is 1. The van der Waals surface area contributed by atoms with Crippen molar-refractivity contribution in [2.24, 2.45) is 0 Å². The third-order valence-corrected chi connectivity index (χ3v) is 2.86. The van der Waals surface area contributed by atoms with Crippen LogP contribution in [0.2, 0.25) is 0 Å². The second kappa shape index (κ2) is 6.58. The molecule has 1 aromatic carbocycles. The summed E-state index contributed by atoms with van der Waals surface area (Å²) < 4.78 is 51.0. The summed E-state index contributed by atoms with van der Waals surface area (Å²) in [6.07, 6.45) is 2.30. The molecule has 0 fully saturated rings. The van der Waals surface area contributed by atoms with Gasteiger partial charge in [0.15, 0.2) is 0 Å². The third kappa shape index (κ3) is 4.25. The van der Waals surface area contributed by atoms with Crippen molar-refractivity contribution in [3.05, 3.63) is 35.1 Å². The van der Waals surface area contributed by atoms with Crippen LogP contribution in [0.1, 0.15) is 36.4 Å². The summed E-state index contributed by atoms with van der Waals surface area (Å²) in [6, 6.07) is 2.80. The largest absolute Gasteiger partial charge is 0.419 e. The van der Waals surface area contributed by atoms with Crippen LogP contribution >= 0.6 is 0 Å². The molecule has 0 saturated carbocycles. The summed E-state index contributed by atoms with van der Waals surface area (Å²) in [5.74, 6) is 1.22. The molecule has 0 aromatic heterocycles. The van der Waals surface area contributed by atoms with Crippen molar-refractivity contribution in [3.8, 4) is 12.3 Å². The van der Waals surface area contributed by atoms with E-state index >= 15 is 0 Å². The van der Waals surface area contributed by atoms with Gasteiger partial charge in [-0.25, -0.2) is 4.39 Å². The van der Waals surface area contributed by atoms with E-state index < -0.39 is 17.6 Å². The first-order valence-electron chi connectivity index (χ1n) is 5.87. The fourth-order valence-electron chi connectivity index (χ4n) is 1.86. The second-order valence-electron chi connectivity index (χ2n) is 4.17. The molecule has 0 aliphatic carbocycles. The van der Waals surface area contributed by atoms with Crippen molar-refractivity contribution >= 4 is 0 Å². The van der Waals surface area contributed by atoms with Crippen LogP contribution in [-0.2, 0) is 6.18 Å². The Morgan fingerprint density at radius 2 is 2.05 bits per heavy atom. The summed E-state index contributed by atoms with van der Waals surface area (Å²) in [5.41, 5.74) is -0.824. The normalized spacial score (nSPS) is 13.1. The standard InChI is InChI=1S/C14H15F4N/c1-3-4-5-6-13(19-2)10-7-8-12(15)11(9-10)14(16,17)18/h1,7-9,13,19H,4-6H2,2H3. The lowest BCUT2D eigenvalue weighted by atomic mass is 9.99. The number of hydrogen-bond acceptors (Lipinski definition) is 1. The first kappa shape index (κ1) is 15.5. The van der Waals surface area contributed by atoms with Gasteiger partial charge >= 0.3 is 6.18 Å². The third-order valence-electron chi connectivity index (χ3n) is 2.86. The monoisotopic (exact) mass is 273 g/mol. The van der Waals surface area contributed by atoms with Crippen molar-refractivity contribution in [2.75, 3.05) is 7.05 Å². The summed E-state index contributed by atoms with van der Waals surface area (Å²) in [5, 5.41) is 2.92. The molecule has 0 amide bonds. The topological polar surface area (TPSA) is 12.0 Å². The molecule has 0 aliphatic heterocycles. The Morgan fingerprint density at radius 3 is 2.58 bits per heavy atom. The highest BCUT2D eigenvalue weighted by atomic mass is 19.4. The van der Waals surface area contributed by atoms with E-state index in [4.69, 9.17) is 6.42 Å². The Morgan fingerprint density at radius 1 is 1.37 bits per heavy atom. The molecular formula is C14H15F4N. The summed E-state index contributed by atoms with van der Waals surface area (Å²) >= 11 is 0. The van der Waals surface area contributed by atoms with E-state index in [1.807, 2.05) is 0 Å². The highest BCUT2D eigenvalue weighted by Gasteiger charge is 2.34. The number of hydrogen-bond donors (Lipinski definition) is 1. The molecule has 0 radical (unpaired) electrons. The van der Waals surface area contributed by atoms with Crippen LogP contribution < -0.4 is 5.32 Å². The van der Waals surface area contributed by atoms with E-state index in [0.717, 1.165) is 12.1 Å². The molecule has 0 heterocycles. The second-order valence-corrected chi connectivity index (χ2v) is 4.17. The molecule has 1 aromatic rings. The number of rotatable bonds is 5. The SMILES string of the molecule is C#CCCCC(NC)c1ccc(F)c(C(F)(F)F)c1. The van der Waals surface area contributed by atoms with E-state index in [1.165, 1.54) is 6.07 Å². The Balaban J connectivity index is 2.96. The lowest BCUT2D eigenvalue weighted by Crippen LogP contribution is -2.18. The van der Waals surface area contributed by atoms with Gasteiger partial charge in [-0.2, -0.15) is 13.2 Å². The maximum atomic E-state index is 13.2. The van der Waals surface area contributed by atoms with Gasteiger partial charge in [0.1, 0.15) is 5.82 Å². The van der Waals surface area contributed by atoms with Gasteiger partial charge in [-0.3, -0.25) is 0 Å². The van der Waals surface area contributed by atoms with Crippen molar-refractivity contribution in [1.29, 1.82) is 0 Å². The number of benzene rings is 1. The number of unbranched alkanes of at least 4 members (excludes halogenated alkanes) is 1. The number of alkyl halides is 3. The average molecular weight is 273 g/mol. The van der Waals surface area contributed by atoms with E-state index in [1.54, 1.807) is 7.05 Å². The Kier molecular flexibility index (Phi) is 5.37. The molecule has 0 saturated heterocycles. The summed E-state index contributed by atoms with van der Waals surface area (Å²) in [4.78, 5) is 0. The fourth-order valence-corrected chi connectivity index (χ4v) is 1.86. The molecule has 1 nitrogen and oxygen atoms in total. The van der Waals surface area contributed by atoms with Crippen molar-refractivity contribution in [3.63, 3.8) is 0 Å². The lowest BCUT2D eigenvalue weighted by molar-refractivity contribution is -0.140. The molecule has 0 aliphatic rings. The van der Waals surface area contributed by atoms with Crippen molar-refractivity contribution in [2.45, 2.75) is 31.5 Å². The van der Waals surface area contributed by atoms with Crippen LogP contribution in [-0.4, -0.2) is 7.05 Å². The van der Waals surface area contributed by atoms with Crippen molar-refractivity contribution < 1.29 is 17.6 Å². The number of nitrogens with one attached hydrogen (secondary N) is 1. The molecule has 1 rings (SSSR count). The van der Waals surface area contributed by atoms with Gasteiger partial charge in [-0.15, -0.1) is 12.3 Å². The number of halogens is 4. The van der Waals surface area contributed by atoms with E-state index in [9.17, 15) is 17.6 Å². The minimum Gasteiger partial charge on any atom is -0.313 e. The van der Waals surface area contributed by atoms with Crippen LogP contribution in [0, 0.1) is 18.2 Å². The first-order valence-corrected chi connectivity index (χ1v) is 5.87. The zero-order valence-electron chi connectivity index (χ0n) is 10.5. The smallest absolute Gasteiger partial charge is 0.313 e. The van der Waals surface area contributed by atoms with Gasteiger partial charge in [0.25, 0.3) is 0 Å². The molecule has 19 heavy (non-hydrogen) atoms. The van der Waals surface area contributed by atoms with Crippen LogP contribution in [0.3, 0.4) is 0 Å². The molecule has 0 bridgehead atoms. The average Bonchev–Trinajstić information content (AvgIpc) is 2.34.